The van der Waals surface area contributed by atoms with E-state index in [1.54, 1.807) is 0 Å². The van der Waals surface area contributed by atoms with Crippen molar-refractivity contribution in [2.75, 3.05) is 18.0 Å². The summed E-state index contributed by atoms with van der Waals surface area (Å²) in [7, 11) is 0. The van der Waals surface area contributed by atoms with Crippen LogP contribution in [0.1, 0.15) is 44.0 Å². The Bertz CT molecular complexity index is 442. The molecule has 1 heterocycles. The van der Waals surface area contributed by atoms with E-state index in [-0.39, 0.29) is 6.10 Å². The summed E-state index contributed by atoms with van der Waals surface area (Å²) in [5, 5.41) is 0. The number of piperidine rings is 1. The molecule has 0 amide bonds. The maximum atomic E-state index is 11.3. The van der Waals surface area contributed by atoms with E-state index in [0.29, 0.717) is 5.92 Å². The normalized spacial score (nSPS) is 19.6. The van der Waals surface area contributed by atoms with E-state index in [2.05, 4.69) is 11.8 Å². The van der Waals surface area contributed by atoms with Crippen molar-refractivity contribution in [3.63, 3.8) is 0 Å². The maximum Gasteiger partial charge on any atom is 0.152 e. The highest BCUT2D eigenvalue weighted by Gasteiger charge is 2.22. The average Bonchev–Trinajstić information content (AvgIpc) is 2.37. The Morgan fingerprint density at radius 1 is 1.42 bits per heavy atom. The molecular weight excluding hydrogens is 238 g/mol. The minimum absolute atomic E-state index is 0.114. The highest BCUT2D eigenvalue weighted by molar-refractivity contribution is 5.87. The number of carbonyl (C=O) groups is 1. The first-order valence-corrected chi connectivity index (χ1v) is 7.11. The van der Waals surface area contributed by atoms with E-state index in [0.717, 1.165) is 36.4 Å². The SMILES string of the molecule is CC(C)Oc1cccc(C=O)c1N1CCC[C@@H](C)C1. The first-order chi connectivity index (χ1) is 9.11. The van der Waals surface area contributed by atoms with Crippen LogP contribution in [0.4, 0.5) is 5.69 Å². The predicted molar refractivity (Wildman–Crippen MR) is 78.2 cm³/mol. The molecule has 0 saturated carbocycles. The number of hydrogen-bond acceptors (Lipinski definition) is 3. The molecule has 0 aromatic heterocycles. The minimum Gasteiger partial charge on any atom is -0.489 e. The van der Waals surface area contributed by atoms with Gasteiger partial charge in [-0.3, -0.25) is 4.79 Å². The smallest absolute Gasteiger partial charge is 0.152 e. The first kappa shape index (κ1) is 13.9. The predicted octanol–water partition coefficient (Wildman–Crippen LogP) is 3.52. The van der Waals surface area contributed by atoms with E-state index >= 15 is 0 Å². The molecule has 0 aliphatic carbocycles. The van der Waals surface area contributed by atoms with Gasteiger partial charge in [-0.25, -0.2) is 0 Å². The zero-order valence-electron chi connectivity index (χ0n) is 12.1. The summed E-state index contributed by atoms with van der Waals surface area (Å²) in [5.41, 5.74) is 1.70. The number of anilines is 1. The molecule has 1 atom stereocenters. The van der Waals surface area contributed by atoms with Crippen molar-refractivity contribution in [3.8, 4) is 5.75 Å². The number of carbonyl (C=O) groups excluding carboxylic acids is 1. The third-order valence-corrected chi connectivity index (χ3v) is 3.49. The van der Waals surface area contributed by atoms with Crippen molar-refractivity contribution in [3.05, 3.63) is 23.8 Å². The van der Waals surface area contributed by atoms with Crippen LogP contribution in [0.2, 0.25) is 0 Å². The van der Waals surface area contributed by atoms with E-state index in [1.165, 1.54) is 12.8 Å². The van der Waals surface area contributed by atoms with Crippen molar-refractivity contribution in [1.29, 1.82) is 0 Å². The molecule has 2 rings (SSSR count). The molecule has 1 fully saturated rings. The molecule has 1 aromatic rings. The van der Waals surface area contributed by atoms with E-state index in [1.807, 2.05) is 32.0 Å². The minimum atomic E-state index is 0.114. The molecule has 3 nitrogen and oxygen atoms in total. The first-order valence-electron chi connectivity index (χ1n) is 7.11. The maximum absolute atomic E-state index is 11.3. The molecule has 1 aliphatic heterocycles. The summed E-state index contributed by atoms with van der Waals surface area (Å²) in [6, 6.07) is 5.72. The molecule has 104 valence electrons. The Morgan fingerprint density at radius 3 is 2.84 bits per heavy atom. The summed E-state index contributed by atoms with van der Waals surface area (Å²) in [5.74, 6) is 1.49. The van der Waals surface area contributed by atoms with Gasteiger partial charge in [0.05, 0.1) is 11.8 Å². The molecule has 0 bridgehead atoms. The Hall–Kier alpha value is -1.51. The third-order valence-electron chi connectivity index (χ3n) is 3.49. The number of nitrogens with zero attached hydrogens (tertiary/aromatic N) is 1. The van der Waals surface area contributed by atoms with Gasteiger partial charge in [0.25, 0.3) is 0 Å². The second-order valence-electron chi connectivity index (χ2n) is 5.67. The van der Waals surface area contributed by atoms with Gasteiger partial charge in [-0.15, -0.1) is 0 Å². The number of ether oxygens (including phenoxy) is 1. The Balaban J connectivity index is 2.36. The van der Waals surface area contributed by atoms with Crippen molar-refractivity contribution >= 4 is 12.0 Å². The Labute approximate surface area is 115 Å². The lowest BCUT2D eigenvalue weighted by Crippen LogP contribution is -2.35. The van der Waals surface area contributed by atoms with Gasteiger partial charge < -0.3 is 9.64 Å². The third kappa shape index (κ3) is 3.28. The Morgan fingerprint density at radius 2 is 2.21 bits per heavy atom. The van der Waals surface area contributed by atoms with Gasteiger partial charge in [0.15, 0.2) is 6.29 Å². The quantitative estimate of drug-likeness (QED) is 0.777. The summed E-state index contributed by atoms with van der Waals surface area (Å²) in [4.78, 5) is 13.6. The molecule has 19 heavy (non-hydrogen) atoms. The monoisotopic (exact) mass is 261 g/mol. The fraction of sp³-hybridized carbons (Fsp3) is 0.562. The van der Waals surface area contributed by atoms with Crippen LogP contribution in [0.5, 0.6) is 5.75 Å². The molecular formula is C16H23NO2. The largest absolute Gasteiger partial charge is 0.489 e. The van der Waals surface area contributed by atoms with Gasteiger partial charge in [0.2, 0.25) is 0 Å². The van der Waals surface area contributed by atoms with E-state index < -0.39 is 0 Å². The van der Waals surface area contributed by atoms with Crippen molar-refractivity contribution in [2.24, 2.45) is 5.92 Å². The second kappa shape index (κ2) is 6.09. The average molecular weight is 261 g/mol. The molecule has 1 aromatic carbocycles. The molecule has 1 aliphatic rings. The van der Waals surface area contributed by atoms with Crippen molar-refractivity contribution in [1.82, 2.24) is 0 Å². The van der Waals surface area contributed by atoms with Crippen LogP contribution in [0.3, 0.4) is 0 Å². The molecule has 0 N–H and O–H groups in total. The number of hydrogen-bond donors (Lipinski definition) is 0. The fourth-order valence-corrected chi connectivity index (χ4v) is 2.71. The van der Waals surface area contributed by atoms with Crippen molar-refractivity contribution < 1.29 is 9.53 Å². The summed E-state index contributed by atoms with van der Waals surface area (Å²) < 4.78 is 5.88. The summed E-state index contributed by atoms with van der Waals surface area (Å²) >= 11 is 0. The van der Waals surface area contributed by atoms with Gasteiger partial charge >= 0.3 is 0 Å². The topological polar surface area (TPSA) is 29.5 Å². The van der Waals surface area contributed by atoms with Gasteiger partial charge in [-0.1, -0.05) is 13.0 Å². The number of aldehydes is 1. The zero-order chi connectivity index (χ0) is 13.8. The lowest BCUT2D eigenvalue weighted by molar-refractivity contribution is 0.112. The van der Waals surface area contributed by atoms with E-state index in [4.69, 9.17) is 4.74 Å². The molecule has 0 spiro atoms. The van der Waals surface area contributed by atoms with Crippen molar-refractivity contribution in [2.45, 2.75) is 39.7 Å². The Kier molecular flexibility index (Phi) is 4.46. The van der Waals surface area contributed by atoms with Crippen LogP contribution in [-0.2, 0) is 0 Å². The molecule has 1 saturated heterocycles. The highest BCUT2D eigenvalue weighted by Crippen LogP contribution is 2.35. The van der Waals surface area contributed by atoms with Gasteiger partial charge in [-0.2, -0.15) is 0 Å². The van der Waals surface area contributed by atoms with Gasteiger partial charge in [-0.05, 0) is 44.7 Å². The van der Waals surface area contributed by atoms with Crippen LogP contribution in [0.25, 0.3) is 0 Å². The fourth-order valence-electron chi connectivity index (χ4n) is 2.71. The zero-order valence-corrected chi connectivity index (χ0v) is 12.1. The highest BCUT2D eigenvalue weighted by atomic mass is 16.5. The molecule has 0 radical (unpaired) electrons. The van der Waals surface area contributed by atoms with Crippen LogP contribution in [0, 0.1) is 5.92 Å². The van der Waals surface area contributed by atoms with Crippen LogP contribution in [0.15, 0.2) is 18.2 Å². The summed E-state index contributed by atoms with van der Waals surface area (Å²) in [6.45, 7) is 8.29. The molecule has 3 heteroatoms. The van der Waals surface area contributed by atoms with Gasteiger partial charge in [0, 0.05) is 18.7 Å². The van der Waals surface area contributed by atoms with Crippen LogP contribution in [-0.4, -0.2) is 25.5 Å². The number of rotatable bonds is 4. The number of benzene rings is 1. The standard InChI is InChI=1S/C16H23NO2/c1-12(2)19-15-8-4-7-14(11-18)16(15)17-9-5-6-13(3)10-17/h4,7-8,11-13H,5-6,9-10H2,1-3H3/t13-/m1/s1. The van der Waals surface area contributed by atoms with Gasteiger partial charge in [0.1, 0.15) is 5.75 Å². The molecule has 0 unspecified atom stereocenters. The van der Waals surface area contributed by atoms with E-state index in [9.17, 15) is 4.79 Å². The lowest BCUT2D eigenvalue weighted by Gasteiger charge is -2.34. The summed E-state index contributed by atoms with van der Waals surface area (Å²) in [6.07, 6.45) is 3.49. The number of para-hydroxylation sites is 1. The van der Waals surface area contributed by atoms with Crippen LogP contribution < -0.4 is 9.64 Å². The second-order valence-corrected chi connectivity index (χ2v) is 5.67. The van der Waals surface area contributed by atoms with Crippen LogP contribution >= 0.6 is 0 Å². The lowest BCUT2D eigenvalue weighted by atomic mass is 9.98.